The normalized spacial score (nSPS) is 59.8. The molecule has 5 fully saturated rings. The first-order chi connectivity index (χ1) is 14.3. The Morgan fingerprint density at radius 2 is 1.77 bits per heavy atom. The molecule has 30 heavy (non-hydrogen) atoms. The molecule has 11 atom stereocenters. The van der Waals surface area contributed by atoms with Crippen LogP contribution in [0.4, 0.5) is 0 Å². The Morgan fingerprint density at radius 3 is 2.53 bits per heavy atom. The van der Waals surface area contributed by atoms with Crippen molar-refractivity contribution in [2.24, 2.45) is 52.3 Å². The van der Waals surface area contributed by atoms with E-state index in [1.54, 1.807) is 0 Å². The van der Waals surface area contributed by atoms with Gasteiger partial charge in [0, 0.05) is 12.5 Å². The second kappa shape index (κ2) is 6.60. The Balaban J connectivity index is 1.28. The van der Waals surface area contributed by atoms with Crippen LogP contribution in [-0.4, -0.2) is 18.4 Å². The number of nitrogens with one attached hydrogen (secondary N) is 1. The summed E-state index contributed by atoms with van der Waals surface area (Å²) < 4.78 is 7.03. The minimum absolute atomic E-state index is 0.0161. The first kappa shape index (κ1) is 20.3. The van der Waals surface area contributed by atoms with Gasteiger partial charge >= 0.3 is 0 Å². The summed E-state index contributed by atoms with van der Waals surface area (Å²) in [6.45, 7) is 13.9. The summed E-state index contributed by atoms with van der Waals surface area (Å²) in [5, 5.41) is 3.91. The molecule has 2 nitrogen and oxygen atoms in total. The van der Waals surface area contributed by atoms with E-state index in [0.717, 1.165) is 42.1 Å². The highest BCUT2D eigenvalue weighted by molar-refractivity contribution is 5.26. The van der Waals surface area contributed by atoms with Gasteiger partial charge in [-0.1, -0.05) is 46.3 Å². The Kier molecular flexibility index (Phi) is 4.46. The monoisotopic (exact) mass is 411 g/mol. The van der Waals surface area contributed by atoms with Crippen LogP contribution in [0, 0.1) is 52.3 Å². The van der Waals surface area contributed by atoms with Gasteiger partial charge in [0.2, 0.25) is 0 Å². The maximum Gasteiger partial charge on any atom is 0.122 e. The lowest BCUT2D eigenvalue weighted by Crippen LogP contribution is -2.57. The Bertz CT molecular complexity index is 735. The van der Waals surface area contributed by atoms with Gasteiger partial charge in [-0.05, 0) is 104 Å². The molecule has 11 unspecified atom stereocenters. The van der Waals surface area contributed by atoms with Gasteiger partial charge in [0.25, 0.3) is 0 Å². The quantitative estimate of drug-likeness (QED) is 0.456. The summed E-state index contributed by atoms with van der Waals surface area (Å²) in [6, 6.07) is 0. The molecule has 0 bridgehead atoms. The zero-order chi connectivity index (χ0) is 20.9. The SMILES string of the molecule is CC1CCC2(NC1)OC1CC3C4CC=C5CC(C)CCC5(C)C4CCC3(C)C1C2C. The fraction of sp³-hybridized carbons (Fsp3) is 0.929. The molecule has 0 aromatic carbocycles. The first-order valence-electron chi connectivity index (χ1n) is 13.4. The van der Waals surface area contributed by atoms with E-state index in [9.17, 15) is 0 Å². The summed E-state index contributed by atoms with van der Waals surface area (Å²) >= 11 is 0. The molecule has 168 valence electrons. The largest absolute Gasteiger partial charge is 0.357 e. The Hall–Kier alpha value is -0.340. The standard InChI is InChI=1S/C28H45NO/c1-17-8-11-26(4)20(14-17)6-7-21-22(26)10-12-27(5)23(21)15-24-25(27)19(3)28(30-24)13-9-18(2)16-29-28/h6,17-19,21-25,29H,7-16H2,1-5H3. The summed E-state index contributed by atoms with van der Waals surface area (Å²) in [6.07, 6.45) is 15.6. The number of ether oxygens (including phenoxy) is 1. The molecule has 2 aliphatic heterocycles. The van der Waals surface area contributed by atoms with E-state index in [2.05, 4.69) is 46.0 Å². The van der Waals surface area contributed by atoms with Gasteiger partial charge in [-0.25, -0.2) is 0 Å². The molecule has 0 amide bonds. The third kappa shape index (κ3) is 2.56. The Labute approximate surface area is 185 Å². The molecule has 6 aliphatic rings. The van der Waals surface area contributed by atoms with Crippen LogP contribution in [0.25, 0.3) is 0 Å². The van der Waals surface area contributed by atoms with E-state index in [1.165, 1.54) is 57.8 Å². The van der Waals surface area contributed by atoms with Crippen LogP contribution >= 0.6 is 0 Å². The fourth-order valence-electron chi connectivity index (χ4n) is 10.0. The summed E-state index contributed by atoms with van der Waals surface area (Å²) in [5.41, 5.74) is 2.82. The van der Waals surface area contributed by atoms with Crippen LogP contribution in [0.5, 0.6) is 0 Å². The van der Waals surface area contributed by atoms with Gasteiger partial charge in [0.15, 0.2) is 0 Å². The van der Waals surface area contributed by atoms with Gasteiger partial charge in [0.05, 0.1) is 6.10 Å². The van der Waals surface area contributed by atoms with Gasteiger partial charge in [0.1, 0.15) is 5.72 Å². The number of rotatable bonds is 0. The molecule has 2 heterocycles. The third-order valence-electron chi connectivity index (χ3n) is 11.8. The molecule has 6 rings (SSSR count). The first-order valence-corrected chi connectivity index (χ1v) is 13.4. The van der Waals surface area contributed by atoms with Crippen molar-refractivity contribution in [2.45, 2.75) is 104 Å². The van der Waals surface area contributed by atoms with Crippen molar-refractivity contribution in [1.82, 2.24) is 5.32 Å². The van der Waals surface area contributed by atoms with Crippen molar-refractivity contribution in [1.29, 1.82) is 0 Å². The topological polar surface area (TPSA) is 21.3 Å². The predicted octanol–water partition coefficient (Wildman–Crippen LogP) is 6.56. The summed E-state index contributed by atoms with van der Waals surface area (Å²) in [4.78, 5) is 0. The van der Waals surface area contributed by atoms with E-state index < -0.39 is 0 Å². The van der Waals surface area contributed by atoms with Crippen molar-refractivity contribution >= 4 is 0 Å². The summed E-state index contributed by atoms with van der Waals surface area (Å²) in [5.74, 6) is 5.82. The van der Waals surface area contributed by atoms with E-state index in [-0.39, 0.29) is 5.72 Å². The lowest BCUT2D eigenvalue weighted by atomic mass is 9.46. The highest BCUT2D eigenvalue weighted by atomic mass is 16.5. The minimum Gasteiger partial charge on any atom is -0.357 e. The second-order valence-corrected chi connectivity index (χ2v) is 13.3. The number of piperidine rings is 1. The summed E-state index contributed by atoms with van der Waals surface area (Å²) in [7, 11) is 0. The van der Waals surface area contributed by atoms with Gasteiger partial charge in [-0.15, -0.1) is 0 Å². The van der Waals surface area contributed by atoms with Crippen molar-refractivity contribution in [3.05, 3.63) is 11.6 Å². The average molecular weight is 412 g/mol. The zero-order valence-electron chi connectivity index (χ0n) is 20.2. The number of hydrogen-bond acceptors (Lipinski definition) is 2. The molecule has 0 aromatic rings. The molecule has 0 aromatic heterocycles. The third-order valence-corrected chi connectivity index (χ3v) is 11.8. The van der Waals surface area contributed by atoms with Crippen LogP contribution in [0.3, 0.4) is 0 Å². The number of hydrogen-bond donors (Lipinski definition) is 1. The van der Waals surface area contributed by atoms with E-state index in [1.807, 2.05) is 5.57 Å². The molecular weight excluding hydrogens is 366 g/mol. The lowest BCUT2D eigenvalue weighted by Gasteiger charge is -2.58. The maximum atomic E-state index is 7.03. The fourth-order valence-corrected chi connectivity index (χ4v) is 10.0. The van der Waals surface area contributed by atoms with Gasteiger partial charge < -0.3 is 4.74 Å². The molecule has 1 N–H and O–H groups in total. The second-order valence-electron chi connectivity index (χ2n) is 13.3. The van der Waals surface area contributed by atoms with E-state index in [4.69, 9.17) is 4.74 Å². The van der Waals surface area contributed by atoms with E-state index >= 15 is 0 Å². The average Bonchev–Trinajstić information content (AvgIpc) is 3.16. The molecule has 0 radical (unpaired) electrons. The zero-order valence-corrected chi connectivity index (χ0v) is 20.2. The van der Waals surface area contributed by atoms with Crippen LogP contribution in [0.1, 0.15) is 92.4 Å². The number of allylic oxidation sites excluding steroid dienone is 2. The smallest absolute Gasteiger partial charge is 0.122 e. The molecule has 2 saturated heterocycles. The molecular formula is C28H45NO. The molecule has 3 saturated carbocycles. The highest BCUT2D eigenvalue weighted by Crippen LogP contribution is 2.70. The minimum atomic E-state index is -0.0161. The van der Waals surface area contributed by atoms with Crippen LogP contribution in [0.2, 0.25) is 0 Å². The Morgan fingerprint density at radius 1 is 0.967 bits per heavy atom. The predicted molar refractivity (Wildman–Crippen MR) is 123 cm³/mol. The lowest BCUT2D eigenvalue weighted by molar-refractivity contribution is -0.115. The van der Waals surface area contributed by atoms with Crippen molar-refractivity contribution < 1.29 is 4.74 Å². The van der Waals surface area contributed by atoms with Crippen molar-refractivity contribution in [3.63, 3.8) is 0 Å². The van der Waals surface area contributed by atoms with Gasteiger partial charge in [-0.2, -0.15) is 0 Å². The van der Waals surface area contributed by atoms with Crippen LogP contribution < -0.4 is 5.32 Å². The van der Waals surface area contributed by atoms with E-state index in [0.29, 0.717) is 22.9 Å². The van der Waals surface area contributed by atoms with Crippen LogP contribution in [-0.2, 0) is 4.74 Å². The van der Waals surface area contributed by atoms with Crippen molar-refractivity contribution in [2.75, 3.05) is 6.54 Å². The number of fused-ring (bicyclic) bond motifs is 7. The van der Waals surface area contributed by atoms with Crippen molar-refractivity contribution in [3.8, 4) is 0 Å². The molecule has 4 aliphatic carbocycles. The van der Waals surface area contributed by atoms with Crippen LogP contribution in [0.15, 0.2) is 11.6 Å². The molecule has 1 spiro atoms. The van der Waals surface area contributed by atoms with Gasteiger partial charge in [-0.3, -0.25) is 5.32 Å². The highest BCUT2D eigenvalue weighted by Gasteiger charge is 2.68. The maximum absolute atomic E-state index is 7.03. The molecule has 2 heteroatoms.